The summed E-state index contributed by atoms with van der Waals surface area (Å²) in [6.45, 7) is 48.6. The van der Waals surface area contributed by atoms with Crippen molar-refractivity contribution in [1.29, 1.82) is 0 Å². The van der Waals surface area contributed by atoms with Gasteiger partial charge in [-0.15, -0.1) is 12.8 Å². The largest absolute Gasteiger partial charge is 0.266 e. The van der Waals surface area contributed by atoms with Crippen LogP contribution in [-0.2, 0) is 0 Å². The molecule has 0 aromatic heterocycles. The second-order valence-electron chi connectivity index (χ2n) is 19.1. The average molecular weight is 893 g/mol. The zero-order valence-electron chi connectivity index (χ0n) is 47.3. The molecule has 0 amide bonds. The molecule has 5 fully saturated rings. The van der Waals surface area contributed by atoms with Crippen LogP contribution in [0.4, 0.5) is 0 Å². The number of hydrogen-bond donors (Lipinski definition) is 0. The first-order valence-corrected chi connectivity index (χ1v) is 27.7. The lowest BCUT2D eigenvalue weighted by Gasteiger charge is -2.61. The molecule has 5 aliphatic rings. The van der Waals surface area contributed by atoms with Crippen molar-refractivity contribution in [1.82, 2.24) is 0 Å². The molecule has 5 aliphatic carbocycles. The number of terminal acetylenes is 1. The van der Waals surface area contributed by atoms with Gasteiger partial charge in [-0.2, -0.15) is 0 Å². The highest BCUT2D eigenvalue weighted by Gasteiger charge is 2.60. The van der Waals surface area contributed by atoms with Crippen LogP contribution >= 0.6 is 0 Å². The fraction of sp³-hybridized carbons (Fsp3) is 0.919. The topological polar surface area (TPSA) is 12.4 Å². The first-order chi connectivity index (χ1) is 29.3. The summed E-state index contributed by atoms with van der Waals surface area (Å²) in [4.78, 5) is 4.10. The molecule has 0 aromatic rings. The molecule has 0 spiro atoms. The number of hydrogen-bond acceptors (Lipinski definition) is 1. The zero-order valence-corrected chi connectivity index (χ0v) is 47.3. The minimum absolute atomic E-state index is 0. The van der Waals surface area contributed by atoms with E-state index in [2.05, 4.69) is 142 Å². The van der Waals surface area contributed by atoms with E-state index in [0.29, 0.717) is 10.8 Å². The quantitative estimate of drug-likeness (QED) is 0.131. The maximum atomic E-state index is 4.10. The van der Waals surface area contributed by atoms with Crippen LogP contribution in [-0.4, -0.2) is 6.21 Å². The van der Waals surface area contributed by atoms with Gasteiger partial charge in [0.15, 0.2) is 0 Å². The second kappa shape index (κ2) is 57.1. The van der Waals surface area contributed by atoms with Crippen molar-refractivity contribution < 1.29 is 0 Å². The summed E-state index contributed by atoms with van der Waals surface area (Å²) < 4.78 is 0. The lowest BCUT2D eigenvalue weighted by atomic mass is 9.44. The smallest absolute Gasteiger partial charge is 0.0354 e. The van der Waals surface area contributed by atoms with E-state index in [1.807, 2.05) is 40.0 Å². The predicted molar refractivity (Wildman–Crippen MR) is 305 cm³/mol. The highest BCUT2D eigenvalue weighted by Crippen LogP contribution is 2.68. The van der Waals surface area contributed by atoms with Crippen molar-refractivity contribution in [3.63, 3.8) is 0 Å². The van der Waals surface area contributed by atoms with E-state index in [9.17, 15) is 0 Å². The van der Waals surface area contributed by atoms with Crippen LogP contribution in [0.15, 0.2) is 16.8 Å². The van der Waals surface area contributed by atoms with E-state index in [1.165, 1.54) is 103 Å². The summed E-state index contributed by atoms with van der Waals surface area (Å²) in [5, 5.41) is 0. The second-order valence-corrected chi connectivity index (χ2v) is 19.1. The van der Waals surface area contributed by atoms with E-state index in [4.69, 9.17) is 0 Å². The predicted octanol–water partition coefficient (Wildman–Crippen LogP) is 23.5. The molecule has 6 unspecified atom stereocenters. The van der Waals surface area contributed by atoms with E-state index >= 15 is 0 Å². The molecule has 0 heterocycles. The summed E-state index contributed by atoms with van der Waals surface area (Å²) in [6, 6.07) is 0. The molecule has 0 saturated heterocycles. The molecule has 63 heavy (non-hydrogen) atoms. The average Bonchev–Trinajstić information content (AvgIpc) is 4.12. The fourth-order valence-electron chi connectivity index (χ4n) is 10.0. The maximum Gasteiger partial charge on any atom is 0.0354 e. The summed E-state index contributed by atoms with van der Waals surface area (Å²) in [5.41, 5.74) is 2.54. The van der Waals surface area contributed by atoms with Crippen LogP contribution in [0.2, 0.25) is 0 Å². The van der Waals surface area contributed by atoms with Gasteiger partial charge >= 0.3 is 0 Å². The number of nitrogens with zero attached hydrogens (tertiary/aromatic N) is 1. The van der Waals surface area contributed by atoms with Crippen molar-refractivity contribution in [3.05, 3.63) is 11.8 Å². The van der Waals surface area contributed by atoms with E-state index in [1.54, 1.807) is 44.9 Å². The van der Waals surface area contributed by atoms with E-state index in [0.717, 1.165) is 53.5 Å². The molecule has 1 nitrogen and oxygen atoms in total. The van der Waals surface area contributed by atoms with Crippen molar-refractivity contribution >= 4 is 6.21 Å². The van der Waals surface area contributed by atoms with Crippen LogP contribution in [0.1, 0.15) is 321 Å². The highest BCUT2D eigenvalue weighted by molar-refractivity contribution is 5.55. The molecular formula is C62H133N. The first-order valence-electron chi connectivity index (χ1n) is 27.7. The Morgan fingerprint density at radius 1 is 0.603 bits per heavy atom. The summed E-state index contributed by atoms with van der Waals surface area (Å²) in [6.07, 6.45) is 46.0. The van der Waals surface area contributed by atoms with Gasteiger partial charge < -0.3 is 0 Å². The number of unbranched alkanes of at least 4 members (excludes halogenated alkanes) is 3. The van der Waals surface area contributed by atoms with Gasteiger partial charge in [0.05, 0.1) is 0 Å². The van der Waals surface area contributed by atoms with Crippen LogP contribution < -0.4 is 0 Å². The van der Waals surface area contributed by atoms with Crippen LogP contribution in [0.25, 0.3) is 0 Å². The van der Waals surface area contributed by atoms with Crippen LogP contribution in [0.3, 0.4) is 0 Å². The molecule has 1 heteroatoms. The third-order valence-corrected chi connectivity index (χ3v) is 13.1. The van der Waals surface area contributed by atoms with Crippen molar-refractivity contribution in [2.24, 2.45) is 57.2 Å². The van der Waals surface area contributed by atoms with Gasteiger partial charge in [0, 0.05) is 11.9 Å². The van der Waals surface area contributed by atoms with Gasteiger partial charge in [-0.05, 0) is 130 Å². The Balaban J connectivity index is -0.000000110. The molecule has 0 radical (unpaired) electrons. The van der Waals surface area contributed by atoms with E-state index in [-0.39, 0.29) is 14.9 Å². The molecule has 0 bridgehead atoms. The minimum Gasteiger partial charge on any atom is -0.266 e. The Morgan fingerprint density at radius 2 is 1.02 bits per heavy atom. The monoisotopic (exact) mass is 892 g/mol. The van der Waals surface area contributed by atoms with Gasteiger partial charge in [0.1, 0.15) is 0 Å². The Bertz CT molecular complexity index is 873. The molecule has 0 N–H and O–H groups in total. The molecule has 9 atom stereocenters. The molecule has 5 rings (SSSR count). The summed E-state index contributed by atoms with van der Waals surface area (Å²) in [7, 11) is 0. The molecule has 386 valence electrons. The Morgan fingerprint density at radius 3 is 1.33 bits per heavy atom. The molecule has 5 saturated carbocycles. The maximum absolute atomic E-state index is 4.10. The highest BCUT2D eigenvalue weighted by atomic mass is 14.7. The normalized spacial score (nSPS) is 26.5. The van der Waals surface area contributed by atoms with Crippen LogP contribution in [0.5, 0.6) is 0 Å². The van der Waals surface area contributed by atoms with Gasteiger partial charge in [-0.3, -0.25) is 4.99 Å². The lowest BCUT2D eigenvalue weighted by molar-refractivity contribution is -0.121. The van der Waals surface area contributed by atoms with Crippen molar-refractivity contribution in [2.75, 3.05) is 0 Å². The van der Waals surface area contributed by atoms with Gasteiger partial charge in [-0.1, -0.05) is 249 Å². The summed E-state index contributed by atoms with van der Waals surface area (Å²) >= 11 is 0. The number of rotatable bonds is 8. The molecular weight excluding hydrogens is 759 g/mol. The van der Waals surface area contributed by atoms with Gasteiger partial charge in [-0.25, -0.2) is 0 Å². The van der Waals surface area contributed by atoms with E-state index < -0.39 is 0 Å². The standard InChI is InChI=1S/C25H44.C7H13N.C6H14.C3H6.5C3H8.C2H6.C2H2.2CH4/c1-6-17(3)21-10-11-22-20-9-8-19-16-18(7-2)12-14-24(19,4)23(20)13-15-25(21,22)5;1-4-7(5-2)8-6-3;1-3-5-6-4-2;1-2-3-1;5*1-3-2;2*1-2;;/h17-23H,6-16H2,1-5H3;4,6H,5H2,1-3H3;3-6H2,1-2H3;1-3H2;5*3H2,1-2H3;1-2H3;1-2H;2*1H4/b;7-4-,8-6?;;;;;;;;;;;/t17-,18-,19?,20?,21?,22?,23+,24?,25?;;;;;;;;;;;;/m1............/s1. The third kappa shape index (κ3) is 36.7. The number of fused-ring (bicyclic) bond motifs is 5. The molecule has 0 aliphatic heterocycles. The van der Waals surface area contributed by atoms with Crippen molar-refractivity contribution in [3.8, 4) is 12.8 Å². The van der Waals surface area contributed by atoms with Crippen molar-refractivity contribution in [2.45, 2.75) is 321 Å². The minimum atomic E-state index is 0. The SMILES string of the molecule is C.C.C#C.C1CC1.CC.CC=N/C(=C\C)CC.CCC.CCC.CCC.CCC.CCC.CCCCCC.CC[C@@H]1CCC2(C)C(CCC3C4CCC([C@H](C)CC)C4(C)CC[C@@H]32)C1. The Hall–Kier alpha value is -1.03. The first kappa shape index (κ1) is 79.1. The number of aliphatic imine (C=N–C) groups is 1. The zero-order chi connectivity index (χ0) is 48.7. The Labute approximate surface area is 407 Å². The lowest BCUT2D eigenvalue weighted by Crippen LogP contribution is -2.53. The Kier molecular flexibility index (Phi) is 71.7. The van der Waals surface area contributed by atoms with Crippen LogP contribution in [0, 0.1) is 65.1 Å². The number of allylic oxidation sites excluding steroid dienone is 2. The summed E-state index contributed by atoms with van der Waals surface area (Å²) in [5.74, 6) is 7.27. The van der Waals surface area contributed by atoms with Gasteiger partial charge in [0.2, 0.25) is 0 Å². The third-order valence-electron chi connectivity index (χ3n) is 13.1. The van der Waals surface area contributed by atoms with Gasteiger partial charge in [0.25, 0.3) is 0 Å². The fourth-order valence-corrected chi connectivity index (χ4v) is 10.0. The molecule has 0 aromatic carbocycles.